The fraction of sp³-hybridized carbons (Fsp3) is 0.875. The average Bonchev–Trinajstić information content (AvgIpc) is 2.13. The molecule has 100 valence electrons. The molecule has 0 saturated carbocycles. The quantitative estimate of drug-likeness (QED) is 0.302. The summed E-state index contributed by atoms with van der Waals surface area (Å²) in [7, 11) is -4.79. The zero-order valence-electron chi connectivity index (χ0n) is 10.2. The van der Waals surface area contributed by atoms with Gasteiger partial charge >= 0.3 is 29.6 Å². The number of nitrogens with one attached hydrogen (secondary N) is 1. The van der Waals surface area contributed by atoms with Crippen LogP contribution in [0, 0.1) is 0 Å². The van der Waals surface area contributed by atoms with Gasteiger partial charge in [-0.25, -0.2) is 8.42 Å². The molecule has 3 atom stereocenters. The van der Waals surface area contributed by atoms with Crippen molar-refractivity contribution in [1.82, 2.24) is 5.32 Å². The first-order valence-electron chi connectivity index (χ1n) is 4.95. The number of amides is 1. The second kappa shape index (κ2) is 7.75. The second-order valence-corrected chi connectivity index (χ2v) is 4.82. The molecule has 0 aliphatic carbocycles. The fourth-order valence-electron chi connectivity index (χ4n) is 1.56. The smallest absolute Gasteiger partial charge is 0.726 e. The number of hydrogen-bond acceptors (Lipinski definition) is 7. The number of ether oxygens (including phenoxy) is 1. The Morgan fingerprint density at radius 1 is 1.61 bits per heavy atom. The van der Waals surface area contributed by atoms with Gasteiger partial charge in [0, 0.05) is 6.92 Å². The van der Waals surface area contributed by atoms with E-state index in [1.165, 1.54) is 6.92 Å². The molecule has 0 spiro atoms. The van der Waals surface area contributed by atoms with Crippen LogP contribution in [0.5, 0.6) is 0 Å². The second-order valence-electron chi connectivity index (χ2n) is 3.77. The van der Waals surface area contributed by atoms with Gasteiger partial charge in [-0.05, 0) is 6.42 Å². The topological polar surface area (TPSA) is 125 Å². The van der Waals surface area contributed by atoms with Crippen molar-refractivity contribution >= 4 is 16.3 Å². The molecule has 1 amide bonds. The Morgan fingerprint density at radius 3 is 2.67 bits per heavy atom. The Kier molecular flexibility index (Phi) is 7.87. The minimum Gasteiger partial charge on any atom is -0.726 e. The summed E-state index contributed by atoms with van der Waals surface area (Å²) in [5.41, 5.74) is 0. The van der Waals surface area contributed by atoms with E-state index in [4.69, 9.17) is 4.74 Å². The van der Waals surface area contributed by atoms with E-state index >= 15 is 0 Å². The molecule has 0 radical (unpaired) electrons. The molecular weight excluding hydrogens is 277 g/mol. The van der Waals surface area contributed by atoms with Crippen LogP contribution < -0.4 is 34.9 Å². The van der Waals surface area contributed by atoms with Crippen LogP contribution in [0.25, 0.3) is 0 Å². The molecule has 0 aromatic carbocycles. The maximum Gasteiger partial charge on any atom is 1.00 e. The van der Waals surface area contributed by atoms with Crippen molar-refractivity contribution in [2.75, 3.05) is 13.2 Å². The van der Waals surface area contributed by atoms with E-state index in [2.05, 4.69) is 9.50 Å². The maximum absolute atomic E-state index is 10.8. The molecule has 10 heteroatoms. The number of carbonyl (C=O) groups is 1. The van der Waals surface area contributed by atoms with E-state index in [1.807, 2.05) is 0 Å². The molecule has 1 saturated heterocycles. The van der Waals surface area contributed by atoms with E-state index in [0.29, 0.717) is 0 Å². The number of rotatable bonds is 4. The van der Waals surface area contributed by atoms with E-state index in [0.717, 1.165) is 0 Å². The van der Waals surface area contributed by atoms with Gasteiger partial charge in [0.1, 0.15) is 6.10 Å². The summed E-state index contributed by atoms with van der Waals surface area (Å²) >= 11 is 0. The molecular formula is C8H14NNaO7S. The molecule has 1 rings (SSSR count). The minimum atomic E-state index is -4.79. The summed E-state index contributed by atoms with van der Waals surface area (Å²) in [5, 5.41) is 12.2. The molecule has 1 aliphatic rings. The molecule has 0 bridgehead atoms. The van der Waals surface area contributed by atoms with Gasteiger partial charge in [0.05, 0.1) is 25.4 Å². The monoisotopic (exact) mass is 291 g/mol. The van der Waals surface area contributed by atoms with Crippen molar-refractivity contribution in [2.45, 2.75) is 31.6 Å². The number of aliphatic hydroxyl groups is 1. The summed E-state index contributed by atoms with van der Waals surface area (Å²) < 4.78 is 39.8. The van der Waals surface area contributed by atoms with Gasteiger partial charge in [0.15, 0.2) is 0 Å². The third-order valence-corrected chi connectivity index (χ3v) is 2.68. The number of hydrogen-bond donors (Lipinski definition) is 2. The van der Waals surface area contributed by atoms with Crippen LogP contribution in [-0.2, 0) is 24.1 Å². The Bertz CT molecular complexity index is 374. The van der Waals surface area contributed by atoms with Gasteiger partial charge in [-0.2, -0.15) is 0 Å². The van der Waals surface area contributed by atoms with Crippen molar-refractivity contribution in [3.63, 3.8) is 0 Å². The first-order valence-corrected chi connectivity index (χ1v) is 6.28. The zero-order valence-corrected chi connectivity index (χ0v) is 13.0. The SMILES string of the molecule is CC(=O)NC1COC(COS(=O)(=O)[O-])C(O)C1.[Na+]. The average molecular weight is 291 g/mol. The maximum atomic E-state index is 10.8. The van der Waals surface area contributed by atoms with Crippen molar-refractivity contribution in [1.29, 1.82) is 0 Å². The van der Waals surface area contributed by atoms with Gasteiger partial charge in [0.2, 0.25) is 16.3 Å². The Balaban J connectivity index is 0.00000289. The van der Waals surface area contributed by atoms with E-state index in [-0.39, 0.29) is 54.5 Å². The third kappa shape index (κ3) is 7.00. The summed E-state index contributed by atoms with van der Waals surface area (Å²) in [6.07, 6.45) is -1.67. The molecule has 1 fully saturated rings. The summed E-state index contributed by atoms with van der Waals surface area (Å²) in [5.74, 6) is -0.248. The third-order valence-electron chi connectivity index (χ3n) is 2.25. The largest absolute Gasteiger partial charge is 1.00 e. The Morgan fingerprint density at radius 2 is 2.22 bits per heavy atom. The molecule has 1 aliphatic heterocycles. The van der Waals surface area contributed by atoms with Gasteiger partial charge in [-0.15, -0.1) is 0 Å². The fourth-order valence-corrected chi connectivity index (χ4v) is 1.86. The van der Waals surface area contributed by atoms with Crippen LogP contribution in [0.2, 0.25) is 0 Å². The van der Waals surface area contributed by atoms with Crippen LogP contribution >= 0.6 is 0 Å². The Labute approximate surface area is 127 Å². The number of aliphatic hydroxyl groups excluding tert-OH is 1. The number of carbonyl (C=O) groups excluding carboxylic acids is 1. The first kappa shape index (κ1) is 18.3. The van der Waals surface area contributed by atoms with E-state index in [1.54, 1.807) is 0 Å². The zero-order chi connectivity index (χ0) is 13.1. The van der Waals surface area contributed by atoms with Gasteiger partial charge in [0.25, 0.3) is 0 Å². The van der Waals surface area contributed by atoms with Crippen LogP contribution in [-0.4, -0.2) is 55.4 Å². The molecule has 18 heavy (non-hydrogen) atoms. The standard InChI is InChI=1S/C8H15NO7S.Na/c1-5(10)9-6-2-7(11)8(15-3-6)4-16-17(12,13)14;/h6-8,11H,2-4H2,1H3,(H,9,10)(H,12,13,14);/q;+1/p-1. The Hall–Kier alpha value is 0.260. The van der Waals surface area contributed by atoms with Crippen molar-refractivity contribution in [3.8, 4) is 0 Å². The van der Waals surface area contributed by atoms with E-state index in [9.17, 15) is 22.9 Å². The van der Waals surface area contributed by atoms with E-state index < -0.39 is 29.2 Å². The van der Waals surface area contributed by atoms with Crippen LogP contribution in [0.15, 0.2) is 0 Å². The van der Waals surface area contributed by atoms with Crippen LogP contribution in [0.4, 0.5) is 0 Å². The van der Waals surface area contributed by atoms with Crippen LogP contribution in [0.3, 0.4) is 0 Å². The van der Waals surface area contributed by atoms with Gasteiger partial charge in [-0.1, -0.05) is 0 Å². The first-order chi connectivity index (χ1) is 7.78. The molecule has 1 heterocycles. The predicted octanol–water partition coefficient (Wildman–Crippen LogP) is -4.88. The molecule has 2 N–H and O–H groups in total. The normalized spacial score (nSPS) is 28.3. The summed E-state index contributed by atoms with van der Waals surface area (Å²) in [6.45, 7) is 0.939. The predicted molar refractivity (Wildman–Crippen MR) is 53.6 cm³/mol. The molecule has 3 unspecified atom stereocenters. The summed E-state index contributed by atoms with van der Waals surface area (Å²) in [6, 6.07) is -0.331. The van der Waals surface area contributed by atoms with Crippen molar-refractivity contribution < 1.29 is 61.3 Å². The minimum absolute atomic E-state index is 0. The van der Waals surface area contributed by atoms with Gasteiger partial charge in [-0.3, -0.25) is 8.98 Å². The molecule has 0 aromatic rings. The molecule has 8 nitrogen and oxygen atoms in total. The van der Waals surface area contributed by atoms with Crippen molar-refractivity contribution in [2.24, 2.45) is 0 Å². The van der Waals surface area contributed by atoms with Gasteiger partial charge < -0.3 is 19.7 Å². The van der Waals surface area contributed by atoms with Crippen LogP contribution in [0.1, 0.15) is 13.3 Å². The molecule has 0 aromatic heterocycles. The summed E-state index contributed by atoms with van der Waals surface area (Å²) in [4.78, 5) is 10.8. The van der Waals surface area contributed by atoms with Crippen molar-refractivity contribution in [3.05, 3.63) is 0 Å².